The summed E-state index contributed by atoms with van der Waals surface area (Å²) in [5, 5.41) is 8.57. The number of carboxylic acid groups (broad SMARTS) is 1. The molecule has 5 nitrogen and oxygen atoms in total. The van der Waals surface area contributed by atoms with Gasteiger partial charge in [-0.25, -0.2) is 0 Å². The van der Waals surface area contributed by atoms with E-state index in [0.717, 1.165) is 18.4 Å². The van der Waals surface area contributed by atoms with E-state index in [1.54, 1.807) is 19.1 Å². The van der Waals surface area contributed by atoms with E-state index >= 15 is 0 Å². The number of carbonyl (C=O) groups is 3. The van der Waals surface area contributed by atoms with Crippen LogP contribution in [-0.4, -0.2) is 22.8 Å². The van der Waals surface area contributed by atoms with E-state index in [-0.39, 0.29) is 18.2 Å². The van der Waals surface area contributed by atoms with Crippen molar-refractivity contribution in [2.45, 2.75) is 58.3 Å². The van der Waals surface area contributed by atoms with Gasteiger partial charge in [0.25, 0.3) is 0 Å². The number of aryl methyl sites for hydroxylation is 1. The van der Waals surface area contributed by atoms with Crippen molar-refractivity contribution < 1.29 is 24.2 Å². The fraction of sp³-hybridized carbons (Fsp3) is 0.500. The van der Waals surface area contributed by atoms with Gasteiger partial charge in [-0.1, -0.05) is 12.1 Å². The SMILES string of the molecule is CC(=O)CCCCC(=O)Oc1ccc(CCCCC(=O)O)cc1. The molecule has 0 atom stereocenters. The van der Waals surface area contributed by atoms with Crippen molar-refractivity contribution in [1.82, 2.24) is 0 Å². The van der Waals surface area contributed by atoms with Crippen LogP contribution in [0.3, 0.4) is 0 Å². The van der Waals surface area contributed by atoms with Crippen LogP contribution in [0.5, 0.6) is 5.75 Å². The van der Waals surface area contributed by atoms with Gasteiger partial charge in [-0.05, 0) is 56.7 Å². The lowest BCUT2D eigenvalue weighted by Gasteiger charge is -2.06. The molecular weight excluding hydrogens is 296 g/mol. The third-order valence-corrected chi connectivity index (χ3v) is 3.42. The second-order valence-corrected chi connectivity index (χ2v) is 5.63. The van der Waals surface area contributed by atoms with Crippen LogP contribution in [0.15, 0.2) is 24.3 Å². The molecule has 0 amide bonds. The summed E-state index contributed by atoms with van der Waals surface area (Å²) in [6, 6.07) is 7.28. The van der Waals surface area contributed by atoms with Crippen molar-refractivity contribution in [3.8, 4) is 5.75 Å². The Morgan fingerprint density at radius 3 is 2.13 bits per heavy atom. The highest BCUT2D eigenvalue weighted by atomic mass is 16.5. The van der Waals surface area contributed by atoms with Crippen LogP contribution in [0.1, 0.15) is 57.4 Å². The predicted molar refractivity (Wildman–Crippen MR) is 86.4 cm³/mol. The molecule has 0 unspecified atom stereocenters. The second-order valence-electron chi connectivity index (χ2n) is 5.63. The molecule has 0 fully saturated rings. The molecule has 1 aromatic carbocycles. The van der Waals surface area contributed by atoms with Crippen LogP contribution in [0.2, 0.25) is 0 Å². The van der Waals surface area contributed by atoms with Gasteiger partial charge < -0.3 is 14.6 Å². The maximum atomic E-state index is 11.7. The maximum Gasteiger partial charge on any atom is 0.311 e. The number of carbonyl (C=O) groups excluding carboxylic acids is 2. The summed E-state index contributed by atoms with van der Waals surface area (Å²) >= 11 is 0. The number of Topliss-reactive ketones (excluding diaryl/α,β-unsaturated/α-hetero) is 1. The monoisotopic (exact) mass is 320 g/mol. The minimum atomic E-state index is -0.768. The van der Waals surface area contributed by atoms with Crippen molar-refractivity contribution in [3.63, 3.8) is 0 Å². The lowest BCUT2D eigenvalue weighted by molar-refractivity contribution is -0.137. The molecular formula is C18H24O5. The molecule has 1 aromatic rings. The predicted octanol–water partition coefficient (Wildman–Crippen LogP) is 3.54. The zero-order valence-corrected chi connectivity index (χ0v) is 13.5. The summed E-state index contributed by atoms with van der Waals surface area (Å²) in [5.74, 6) is -0.411. The molecule has 0 radical (unpaired) electrons. The van der Waals surface area contributed by atoms with Crippen molar-refractivity contribution in [1.29, 1.82) is 0 Å². The first kappa shape index (κ1) is 18.9. The maximum absolute atomic E-state index is 11.7. The first-order chi connectivity index (χ1) is 11.0. The summed E-state index contributed by atoms with van der Waals surface area (Å²) < 4.78 is 5.23. The van der Waals surface area contributed by atoms with Crippen molar-refractivity contribution in [2.75, 3.05) is 0 Å². The molecule has 0 heterocycles. The van der Waals surface area contributed by atoms with E-state index in [4.69, 9.17) is 9.84 Å². The van der Waals surface area contributed by atoms with Crippen molar-refractivity contribution >= 4 is 17.7 Å². The summed E-state index contributed by atoms with van der Waals surface area (Å²) in [7, 11) is 0. The Hall–Kier alpha value is -2.17. The molecule has 23 heavy (non-hydrogen) atoms. The number of hydrogen-bond donors (Lipinski definition) is 1. The number of benzene rings is 1. The quantitative estimate of drug-likeness (QED) is 0.383. The standard InChI is InChI=1S/C18H24O5/c1-14(19)6-2-5-9-18(22)23-16-12-10-15(11-13-16)7-3-4-8-17(20)21/h10-13H,2-9H2,1H3,(H,20,21). The van der Waals surface area contributed by atoms with Gasteiger partial charge in [-0.2, -0.15) is 0 Å². The van der Waals surface area contributed by atoms with E-state index in [2.05, 4.69) is 0 Å². The van der Waals surface area contributed by atoms with Gasteiger partial charge in [0.1, 0.15) is 11.5 Å². The number of carboxylic acids is 1. The number of ketones is 1. The zero-order valence-electron chi connectivity index (χ0n) is 13.5. The van der Waals surface area contributed by atoms with Crippen LogP contribution in [0.4, 0.5) is 0 Å². The second kappa shape index (κ2) is 10.5. The molecule has 0 aliphatic carbocycles. The minimum Gasteiger partial charge on any atom is -0.481 e. The van der Waals surface area contributed by atoms with Crippen LogP contribution in [0.25, 0.3) is 0 Å². The molecule has 126 valence electrons. The topological polar surface area (TPSA) is 80.7 Å². The van der Waals surface area contributed by atoms with Gasteiger partial charge in [-0.3, -0.25) is 9.59 Å². The van der Waals surface area contributed by atoms with Crippen LogP contribution >= 0.6 is 0 Å². The molecule has 1 N–H and O–H groups in total. The molecule has 0 bridgehead atoms. The Bertz CT molecular complexity index is 519. The number of ether oxygens (including phenoxy) is 1. The molecule has 0 aliphatic heterocycles. The van der Waals surface area contributed by atoms with Gasteiger partial charge in [0.05, 0.1) is 0 Å². The van der Waals surface area contributed by atoms with E-state index in [0.29, 0.717) is 37.9 Å². The normalized spacial score (nSPS) is 10.3. The highest BCUT2D eigenvalue weighted by Crippen LogP contribution is 2.15. The van der Waals surface area contributed by atoms with Gasteiger partial charge in [-0.15, -0.1) is 0 Å². The van der Waals surface area contributed by atoms with E-state index in [1.807, 2.05) is 12.1 Å². The van der Waals surface area contributed by atoms with Gasteiger partial charge in [0.2, 0.25) is 0 Å². The van der Waals surface area contributed by atoms with Gasteiger partial charge in [0.15, 0.2) is 0 Å². The molecule has 0 aromatic heterocycles. The van der Waals surface area contributed by atoms with Crippen LogP contribution in [0, 0.1) is 0 Å². The van der Waals surface area contributed by atoms with Gasteiger partial charge >= 0.3 is 11.9 Å². The number of rotatable bonds is 11. The number of hydrogen-bond acceptors (Lipinski definition) is 4. The highest BCUT2D eigenvalue weighted by molar-refractivity contribution is 5.75. The lowest BCUT2D eigenvalue weighted by Crippen LogP contribution is -2.07. The number of unbranched alkanes of at least 4 members (excludes halogenated alkanes) is 2. The Morgan fingerprint density at radius 2 is 1.52 bits per heavy atom. The minimum absolute atomic E-state index is 0.136. The third kappa shape index (κ3) is 9.45. The van der Waals surface area contributed by atoms with Crippen LogP contribution < -0.4 is 4.74 Å². The largest absolute Gasteiger partial charge is 0.481 e. The first-order valence-electron chi connectivity index (χ1n) is 7.98. The summed E-state index contributed by atoms with van der Waals surface area (Å²) in [5.41, 5.74) is 1.09. The Morgan fingerprint density at radius 1 is 0.913 bits per heavy atom. The van der Waals surface area contributed by atoms with Crippen LogP contribution in [-0.2, 0) is 20.8 Å². The van der Waals surface area contributed by atoms with Crippen molar-refractivity contribution in [2.24, 2.45) is 0 Å². The third-order valence-electron chi connectivity index (χ3n) is 3.42. The van der Waals surface area contributed by atoms with E-state index < -0.39 is 5.97 Å². The Labute approximate surface area is 136 Å². The summed E-state index contributed by atoms with van der Waals surface area (Å²) in [6.07, 6.45) is 4.66. The summed E-state index contributed by atoms with van der Waals surface area (Å²) in [4.78, 5) is 32.9. The lowest BCUT2D eigenvalue weighted by atomic mass is 10.1. The molecule has 5 heteroatoms. The molecule has 0 spiro atoms. The Balaban J connectivity index is 2.26. The van der Waals surface area contributed by atoms with Crippen molar-refractivity contribution in [3.05, 3.63) is 29.8 Å². The smallest absolute Gasteiger partial charge is 0.311 e. The first-order valence-corrected chi connectivity index (χ1v) is 7.98. The molecule has 1 rings (SSSR count). The van der Waals surface area contributed by atoms with E-state index in [9.17, 15) is 14.4 Å². The fourth-order valence-corrected chi connectivity index (χ4v) is 2.16. The van der Waals surface area contributed by atoms with Gasteiger partial charge in [0, 0.05) is 19.3 Å². The summed E-state index contributed by atoms with van der Waals surface area (Å²) in [6.45, 7) is 1.54. The number of esters is 1. The average molecular weight is 320 g/mol. The number of aliphatic carboxylic acids is 1. The molecule has 0 saturated heterocycles. The highest BCUT2D eigenvalue weighted by Gasteiger charge is 2.05. The molecule has 0 aliphatic rings. The van der Waals surface area contributed by atoms with E-state index in [1.165, 1.54) is 0 Å². The fourth-order valence-electron chi connectivity index (χ4n) is 2.16. The zero-order chi connectivity index (χ0) is 17.1. The average Bonchev–Trinajstić information content (AvgIpc) is 2.49. The Kier molecular flexibility index (Phi) is 8.65. The molecule has 0 saturated carbocycles.